The van der Waals surface area contributed by atoms with Crippen molar-refractivity contribution in [2.45, 2.75) is 64.8 Å². The number of aliphatic hydroxyl groups excluding tert-OH is 1. The van der Waals surface area contributed by atoms with E-state index < -0.39 is 0 Å². The van der Waals surface area contributed by atoms with E-state index in [4.69, 9.17) is 19.9 Å². The van der Waals surface area contributed by atoms with Crippen molar-refractivity contribution in [3.63, 3.8) is 0 Å². The maximum Gasteiger partial charge on any atom is 0.160 e. The molecule has 1 saturated carbocycles. The third-order valence-corrected chi connectivity index (χ3v) is 6.77. The molecule has 0 aliphatic heterocycles. The summed E-state index contributed by atoms with van der Waals surface area (Å²) in [6, 6.07) is 10.4. The van der Waals surface area contributed by atoms with Crippen LogP contribution in [0.5, 0.6) is 11.5 Å². The van der Waals surface area contributed by atoms with Crippen molar-refractivity contribution in [1.29, 1.82) is 5.41 Å². The van der Waals surface area contributed by atoms with Crippen LogP contribution in [0.3, 0.4) is 0 Å². The number of nitrogens with zero attached hydrogens (tertiary/aromatic N) is 2. The van der Waals surface area contributed by atoms with Crippen LogP contribution >= 0.6 is 0 Å². The fraction of sp³-hybridized carbons (Fsp3) is 0.429. The van der Waals surface area contributed by atoms with Crippen LogP contribution in [0.25, 0.3) is 11.2 Å². The molecule has 0 spiro atoms. The SMILES string of the molecule is COc1ccc(CCc2nc3cc(/C(C(C)=N)=C(\C)O)ccn3c2NC2CCCCC2)cc1OC. The first-order valence-corrected chi connectivity index (χ1v) is 12.4. The molecular weight excluding hydrogens is 440 g/mol. The Morgan fingerprint density at radius 2 is 1.80 bits per heavy atom. The Morgan fingerprint density at radius 1 is 1.06 bits per heavy atom. The van der Waals surface area contributed by atoms with Gasteiger partial charge in [0.25, 0.3) is 0 Å². The molecule has 1 aliphatic carbocycles. The standard InChI is InChI=1S/C28H36N4O3/c1-18(29)27(19(2)33)21-14-15-32-26(17-21)31-23(28(32)30-22-8-6-5-7-9-22)12-10-20-11-13-24(34-3)25(16-20)35-4/h11,13-17,22,29-30,33H,5-10,12H2,1-4H3/b27-19+,29-18?. The summed E-state index contributed by atoms with van der Waals surface area (Å²) in [7, 11) is 3.30. The zero-order chi connectivity index (χ0) is 24.9. The Kier molecular flexibility index (Phi) is 7.63. The zero-order valence-corrected chi connectivity index (χ0v) is 21.1. The number of nitrogens with one attached hydrogen (secondary N) is 2. The van der Waals surface area contributed by atoms with Gasteiger partial charge in [0.05, 0.1) is 25.7 Å². The number of fused-ring (bicyclic) bond motifs is 1. The van der Waals surface area contributed by atoms with Crippen molar-refractivity contribution in [3.05, 3.63) is 59.1 Å². The molecule has 3 aromatic rings. The van der Waals surface area contributed by atoms with Gasteiger partial charge < -0.3 is 25.3 Å². The number of aromatic nitrogens is 2. The highest BCUT2D eigenvalue weighted by atomic mass is 16.5. The number of imidazole rings is 1. The van der Waals surface area contributed by atoms with Crippen molar-refractivity contribution >= 4 is 22.7 Å². The van der Waals surface area contributed by atoms with Crippen LogP contribution in [0.2, 0.25) is 0 Å². The van der Waals surface area contributed by atoms with Gasteiger partial charge in [-0.25, -0.2) is 4.98 Å². The molecule has 35 heavy (non-hydrogen) atoms. The normalized spacial score (nSPS) is 15.1. The molecule has 7 heteroatoms. The maximum atomic E-state index is 10.2. The van der Waals surface area contributed by atoms with Gasteiger partial charge in [-0.1, -0.05) is 25.3 Å². The van der Waals surface area contributed by atoms with E-state index in [9.17, 15) is 5.11 Å². The largest absolute Gasteiger partial charge is 0.512 e. The van der Waals surface area contributed by atoms with E-state index in [0.29, 0.717) is 17.3 Å². The second-order valence-corrected chi connectivity index (χ2v) is 9.30. The molecule has 1 aliphatic rings. The third kappa shape index (κ3) is 5.45. The lowest BCUT2D eigenvalue weighted by atomic mass is 9.95. The Labute approximate surface area is 207 Å². The summed E-state index contributed by atoms with van der Waals surface area (Å²) in [5.74, 6) is 2.63. The summed E-state index contributed by atoms with van der Waals surface area (Å²) in [5, 5.41) is 22.0. The smallest absolute Gasteiger partial charge is 0.160 e. The van der Waals surface area contributed by atoms with Gasteiger partial charge in [-0.15, -0.1) is 0 Å². The summed E-state index contributed by atoms with van der Waals surface area (Å²) < 4.78 is 13.0. The molecule has 1 aromatic carbocycles. The Hall–Kier alpha value is -3.48. The highest BCUT2D eigenvalue weighted by Crippen LogP contribution is 2.30. The van der Waals surface area contributed by atoms with Crippen LogP contribution in [-0.2, 0) is 12.8 Å². The number of anilines is 1. The lowest BCUT2D eigenvalue weighted by molar-refractivity contribution is 0.354. The number of rotatable bonds is 9. The van der Waals surface area contributed by atoms with E-state index in [-0.39, 0.29) is 5.76 Å². The summed E-state index contributed by atoms with van der Waals surface area (Å²) in [4.78, 5) is 5.00. The van der Waals surface area contributed by atoms with Crippen molar-refractivity contribution in [3.8, 4) is 11.5 Å². The molecule has 2 aromatic heterocycles. The predicted molar refractivity (Wildman–Crippen MR) is 141 cm³/mol. The summed E-state index contributed by atoms with van der Waals surface area (Å²) in [6.07, 6.45) is 9.73. The Bertz CT molecular complexity index is 1230. The summed E-state index contributed by atoms with van der Waals surface area (Å²) >= 11 is 0. The number of aryl methyl sites for hydroxylation is 2. The van der Waals surface area contributed by atoms with Gasteiger partial charge in [-0.3, -0.25) is 4.40 Å². The summed E-state index contributed by atoms with van der Waals surface area (Å²) in [6.45, 7) is 3.31. The Morgan fingerprint density at radius 3 is 2.46 bits per heavy atom. The number of benzene rings is 1. The number of methoxy groups -OCH3 is 2. The first kappa shape index (κ1) is 24.6. The van der Waals surface area contributed by atoms with Gasteiger partial charge in [0.15, 0.2) is 11.5 Å². The van der Waals surface area contributed by atoms with Crippen LogP contribution in [-0.4, -0.2) is 40.5 Å². The fourth-order valence-electron chi connectivity index (χ4n) is 5.01. The van der Waals surface area contributed by atoms with Gasteiger partial charge in [0, 0.05) is 23.5 Å². The Balaban J connectivity index is 1.69. The third-order valence-electron chi connectivity index (χ3n) is 6.77. The molecule has 0 bridgehead atoms. The quantitative estimate of drug-likeness (QED) is 0.252. The van der Waals surface area contributed by atoms with Crippen molar-refractivity contribution in [1.82, 2.24) is 9.38 Å². The van der Waals surface area contributed by atoms with Crippen LogP contribution in [0.1, 0.15) is 62.8 Å². The predicted octanol–water partition coefficient (Wildman–Crippen LogP) is 6.21. The van der Waals surface area contributed by atoms with Crippen LogP contribution in [0, 0.1) is 5.41 Å². The highest BCUT2D eigenvalue weighted by Gasteiger charge is 2.20. The number of pyridine rings is 1. The molecule has 3 N–H and O–H groups in total. The van der Waals surface area contributed by atoms with Crippen molar-refractivity contribution in [2.75, 3.05) is 19.5 Å². The van der Waals surface area contributed by atoms with Crippen molar-refractivity contribution in [2.24, 2.45) is 0 Å². The fourth-order valence-corrected chi connectivity index (χ4v) is 5.01. The monoisotopic (exact) mass is 476 g/mol. The molecule has 1 fully saturated rings. The van der Waals surface area contributed by atoms with E-state index in [0.717, 1.165) is 52.6 Å². The van der Waals surface area contributed by atoms with Gasteiger partial charge in [0.1, 0.15) is 11.5 Å². The van der Waals surface area contributed by atoms with E-state index in [1.165, 1.54) is 32.1 Å². The topological polar surface area (TPSA) is 91.9 Å². The van der Waals surface area contributed by atoms with Gasteiger partial charge >= 0.3 is 0 Å². The maximum absolute atomic E-state index is 10.2. The second kappa shape index (κ2) is 10.8. The van der Waals surface area contributed by atoms with Gasteiger partial charge in [0.2, 0.25) is 0 Å². The first-order valence-electron chi connectivity index (χ1n) is 12.4. The summed E-state index contributed by atoms with van der Waals surface area (Å²) in [5.41, 5.74) is 4.65. The van der Waals surface area contributed by atoms with Gasteiger partial charge in [-0.2, -0.15) is 0 Å². The molecule has 2 heterocycles. The lowest BCUT2D eigenvalue weighted by Crippen LogP contribution is -2.23. The first-order chi connectivity index (χ1) is 16.9. The van der Waals surface area contributed by atoms with Crippen LogP contribution in [0.4, 0.5) is 5.82 Å². The highest BCUT2D eigenvalue weighted by molar-refractivity contribution is 6.21. The molecule has 7 nitrogen and oxygen atoms in total. The molecule has 0 unspecified atom stereocenters. The van der Waals surface area contributed by atoms with E-state index >= 15 is 0 Å². The number of ether oxygens (including phenoxy) is 2. The molecule has 0 amide bonds. The lowest BCUT2D eigenvalue weighted by Gasteiger charge is -2.24. The number of hydrogen-bond acceptors (Lipinski definition) is 6. The number of hydrogen-bond donors (Lipinski definition) is 3. The van der Waals surface area contributed by atoms with E-state index in [2.05, 4.69) is 15.8 Å². The van der Waals surface area contributed by atoms with Crippen LogP contribution < -0.4 is 14.8 Å². The minimum absolute atomic E-state index is 0.141. The second-order valence-electron chi connectivity index (χ2n) is 9.30. The van der Waals surface area contributed by atoms with Crippen LogP contribution in [0.15, 0.2) is 42.3 Å². The van der Waals surface area contributed by atoms with Crippen molar-refractivity contribution < 1.29 is 14.6 Å². The molecule has 0 radical (unpaired) electrons. The number of allylic oxidation sites excluding steroid dienone is 2. The van der Waals surface area contributed by atoms with E-state index in [1.807, 2.05) is 30.5 Å². The average molecular weight is 477 g/mol. The minimum atomic E-state index is 0.141. The average Bonchev–Trinajstić information content (AvgIpc) is 3.19. The molecule has 0 atom stereocenters. The molecule has 186 valence electrons. The number of aliphatic hydroxyl groups is 1. The molecule has 4 rings (SSSR count). The zero-order valence-electron chi connectivity index (χ0n) is 21.1. The van der Waals surface area contributed by atoms with E-state index in [1.54, 1.807) is 28.1 Å². The molecule has 0 saturated heterocycles. The minimum Gasteiger partial charge on any atom is -0.512 e. The van der Waals surface area contributed by atoms with Gasteiger partial charge in [-0.05, 0) is 74.9 Å². The molecular formula is C28H36N4O3.